The zero-order chi connectivity index (χ0) is 64.9. The number of benzene rings is 2. The van der Waals surface area contributed by atoms with Crippen LogP contribution in [0.1, 0.15) is 138 Å². The van der Waals surface area contributed by atoms with Gasteiger partial charge in [-0.15, -0.1) is 0 Å². The molecule has 0 aromatic heterocycles. The van der Waals surface area contributed by atoms with E-state index in [4.69, 9.17) is 28.7 Å². The fourth-order valence-electron chi connectivity index (χ4n) is 10.4. The lowest BCUT2D eigenvalue weighted by Gasteiger charge is -2.30. The molecule has 1 fully saturated rings. The summed E-state index contributed by atoms with van der Waals surface area (Å²) < 4.78 is 0. The molecule has 0 radical (unpaired) electrons. The van der Waals surface area contributed by atoms with Gasteiger partial charge in [-0.25, -0.2) is 0 Å². The van der Waals surface area contributed by atoms with Crippen molar-refractivity contribution in [3.8, 4) is 11.1 Å². The molecule has 3 unspecified atom stereocenters. The first-order chi connectivity index (χ1) is 41.3. The fraction of sp³-hybridized carbons (Fsp3) is 0.645. The minimum atomic E-state index is -1.41. The summed E-state index contributed by atoms with van der Waals surface area (Å²) in [4.78, 5) is 139. The summed E-state index contributed by atoms with van der Waals surface area (Å²) in [5.41, 5.74) is 32.0. The molecule has 1 aliphatic carbocycles. The van der Waals surface area contributed by atoms with Gasteiger partial charge in [0.1, 0.15) is 54.4 Å². The van der Waals surface area contributed by atoms with E-state index in [1.807, 2.05) is 63.2 Å². The zero-order valence-corrected chi connectivity index (χ0v) is 52.3. The van der Waals surface area contributed by atoms with E-state index in [2.05, 4.69) is 47.9 Å². The molecule has 11 atom stereocenters. The summed E-state index contributed by atoms with van der Waals surface area (Å²) >= 11 is 0. The van der Waals surface area contributed by atoms with Gasteiger partial charge in [-0.1, -0.05) is 149 Å². The van der Waals surface area contributed by atoms with Crippen molar-refractivity contribution in [3.05, 3.63) is 60.2 Å². The molecule has 0 saturated heterocycles. The van der Waals surface area contributed by atoms with Gasteiger partial charge in [-0.3, -0.25) is 47.9 Å². The van der Waals surface area contributed by atoms with Crippen LogP contribution < -0.4 is 76.5 Å². The lowest BCUT2D eigenvalue weighted by Crippen LogP contribution is -2.62. The lowest BCUT2D eigenvalue weighted by atomic mass is 9.85. The summed E-state index contributed by atoms with van der Waals surface area (Å²) in [6.45, 7) is 13.2. The highest BCUT2D eigenvalue weighted by atomic mass is 16.3. The second-order valence-electron chi connectivity index (χ2n) is 24.2. The predicted molar refractivity (Wildman–Crippen MR) is 333 cm³/mol. The van der Waals surface area contributed by atoms with Crippen molar-refractivity contribution in [2.45, 2.75) is 199 Å². The largest absolute Gasteiger partial charge is 0.394 e. The molecule has 2 aromatic rings. The van der Waals surface area contributed by atoms with Crippen LogP contribution in [0.4, 0.5) is 0 Å². The number of primary amides is 1. The average Bonchev–Trinajstić information content (AvgIpc) is 3.34. The van der Waals surface area contributed by atoms with Crippen LogP contribution in [0.15, 0.2) is 54.6 Å². The van der Waals surface area contributed by atoms with Gasteiger partial charge >= 0.3 is 0 Å². The highest BCUT2D eigenvalue weighted by Gasteiger charge is 2.37. The molecule has 25 heteroatoms. The van der Waals surface area contributed by atoms with E-state index in [9.17, 15) is 53.1 Å². The molecule has 0 spiro atoms. The number of carbonyl (C=O) groups excluding carboxylic acids is 10. The summed E-state index contributed by atoms with van der Waals surface area (Å²) in [7, 11) is 0. The van der Waals surface area contributed by atoms with E-state index < -0.39 is 138 Å². The first kappa shape index (κ1) is 74.2. The first-order valence-corrected chi connectivity index (χ1v) is 30.9. The molecule has 87 heavy (non-hydrogen) atoms. The van der Waals surface area contributed by atoms with Crippen LogP contribution in [0.5, 0.6) is 0 Å². The Hall–Kier alpha value is -7.06. The monoisotopic (exact) mass is 1220 g/mol. The van der Waals surface area contributed by atoms with Crippen LogP contribution in [0, 0.1) is 29.6 Å². The zero-order valence-electron chi connectivity index (χ0n) is 52.3. The van der Waals surface area contributed by atoms with Gasteiger partial charge in [0.2, 0.25) is 59.1 Å². The molecule has 0 bridgehead atoms. The molecular formula is C62H102N14O11. The Morgan fingerprint density at radius 3 is 1.33 bits per heavy atom. The molecule has 0 heterocycles. The van der Waals surface area contributed by atoms with E-state index in [-0.39, 0.29) is 70.0 Å². The van der Waals surface area contributed by atoms with Crippen LogP contribution >= 0.6 is 0 Å². The molecule has 10 amide bonds. The van der Waals surface area contributed by atoms with Crippen molar-refractivity contribution < 1.29 is 53.1 Å². The highest BCUT2D eigenvalue weighted by Crippen LogP contribution is 2.27. The third-order valence-corrected chi connectivity index (χ3v) is 15.6. The SMILES string of the molecule is CCC(C)[C@H](NC(=O)[C@H](CCN)NC(=O)C(N)CC1CCCCC1)C(=O)N[C@@H](CCN)C(=O)N[C@H](Cc1ccc(-c2ccccc2)cc1)C(=O)N[C@@H](CC(C)C)C(=O)N[C@@H](CCN)C(=O)N[C@@H](C(=O)N[C@@H](CC(C)C)C(=O)NC(CO)C(N)=O)C(C)C. The molecule has 25 nitrogen and oxygen atoms in total. The van der Waals surface area contributed by atoms with Crippen LogP contribution in [-0.2, 0) is 54.4 Å². The topological polar surface area (TPSA) is 429 Å². The maximum atomic E-state index is 14.8. The molecule has 2 aromatic carbocycles. The normalized spacial score (nSPS) is 16.5. The van der Waals surface area contributed by atoms with Crippen molar-refractivity contribution in [3.63, 3.8) is 0 Å². The molecule has 20 N–H and O–H groups in total. The number of aliphatic hydroxyl groups is 1. The molecule has 486 valence electrons. The van der Waals surface area contributed by atoms with Gasteiger partial charge in [-0.2, -0.15) is 0 Å². The maximum Gasteiger partial charge on any atom is 0.243 e. The quantitative estimate of drug-likeness (QED) is 0.0417. The number of hydrogen-bond donors (Lipinski definition) is 15. The predicted octanol–water partition coefficient (Wildman–Crippen LogP) is -0.125. The van der Waals surface area contributed by atoms with Gasteiger partial charge in [0, 0.05) is 6.42 Å². The van der Waals surface area contributed by atoms with E-state index in [0.29, 0.717) is 24.3 Å². The second-order valence-corrected chi connectivity index (χ2v) is 24.2. The third-order valence-electron chi connectivity index (χ3n) is 15.6. The van der Waals surface area contributed by atoms with Crippen LogP contribution in [0.25, 0.3) is 11.1 Å². The minimum Gasteiger partial charge on any atom is -0.394 e. The third kappa shape index (κ3) is 25.3. The Kier molecular flexibility index (Phi) is 32.6. The average molecular weight is 1220 g/mol. The van der Waals surface area contributed by atoms with E-state index >= 15 is 0 Å². The number of amides is 10. The Morgan fingerprint density at radius 1 is 0.483 bits per heavy atom. The molecule has 1 saturated carbocycles. The fourth-order valence-corrected chi connectivity index (χ4v) is 10.4. The summed E-state index contributed by atoms with van der Waals surface area (Å²) in [5.74, 6) is -8.64. The molecule has 1 aliphatic rings. The van der Waals surface area contributed by atoms with Crippen molar-refractivity contribution in [1.82, 2.24) is 47.9 Å². The van der Waals surface area contributed by atoms with Crippen LogP contribution in [-0.4, -0.2) is 151 Å². The Labute approximate surface area is 513 Å². The van der Waals surface area contributed by atoms with E-state index in [1.165, 1.54) is 0 Å². The summed E-state index contributed by atoms with van der Waals surface area (Å²) in [5, 5.41) is 33.8. The Balaban J connectivity index is 1.93. The number of hydrogen-bond acceptors (Lipinski definition) is 15. The Bertz CT molecular complexity index is 2530. The molecular weight excluding hydrogens is 1120 g/mol. The number of rotatable bonds is 38. The van der Waals surface area contributed by atoms with Crippen molar-refractivity contribution in [2.75, 3.05) is 26.2 Å². The van der Waals surface area contributed by atoms with Crippen LogP contribution in [0.3, 0.4) is 0 Å². The molecule has 0 aliphatic heterocycles. The van der Waals surface area contributed by atoms with Gasteiger partial charge in [0.05, 0.1) is 12.6 Å². The first-order valence-electron chi connectivity index (χ1n) is 30.9. The van der Waals surface area contributed by atoms with Gasteiger partial charge in [0.25, 0.3) is 0 Å². The second kappa shape index (κ2) is 38.3. The molecule has 3 rings (SSSR count). The van der Waals surface area contributed by atoms with Gasteiger partial charge < -0.3 is 81.6 Å². The van der Waals surface area contributed by atoms with E-state index in [1.54, 1.807) is 46.8 Å². The standard InChI is InChI=1S/C62H102N14O11/c1-9-38(8)52(76-57(82)45(25-28-64)68-54(79)43(66)32-39-16-12-10-13-17-39)62(87)70-44(24-27-63)55(80)72-49(33-40-20-22-42(23-21-40)41-18-14-11-15-19-41)60(85)71-47(30-35(2)3)58(83)69-46(26-29-65)56(81)75-51(37(6)7)61(86)73-48(31-36(4)5)59(84)74-50(34-77)53(67)78/h11,14-15,18-23,35-39,43-52,77H,9-10,12-13,16-17,24-34,63-66H2,1-8H3,(H2,67,78)(H,68,79)(H,69,83)(H,70,87)(H,71,85)(H,72,80)(H,73,86)(H,74,84)(H,75,81)(H,76,82)/t38?,43?,44-,45-,46-,47-,48-,49+,50?,51+,52-/m0/s1. The number of nitrogens with one attached hydrogen (secondary N) is 9. The highest BCUT2D eigenvalue weighted by molar-refractivity contribution is 5.99. The minimum absolute atomic E-state index is 0.0399. The summed E-state index contributed by atoms with van der Waals surface area (Å²) in [6.07, 6.45) is 6.09. The van der Waals surface area contributed by atoms with Gasteiger partial charge in [-0.05, 0) is 104 Å². The lowest BCUT2D eigenvalue weighted by molar-refractivity contribution is -0.136. The van der Waals surface area contributed by atoms with Crippen molar-refractivity contribution in [2.24, 2.45) is 58.3 Å². The van der Waals surface area contributed by atoms with Crippen molar-refractivity contribution in [1.29, 1.82) is 0 Å². The maximum absolute atomic E-state index is 14.8. The smallest absolute Gasteiger partial charge is 0.243 e. The number of carbonyl (C=O) groups is 10. The Morgan fingerprint density at radius 2 is 0.874 bits per heavy atom. The number of aliphatic hydroxyl groups excluding tert-OH is 1. The van der Waals surface area contributed by atoms with Gasteiger partial charge in [0.15, 0.2) is 0 Å². The number of nitrogens with two attached hydrogens (primary N) is 5. The van der Waals surface area contributed by atoms with Crippen molar-refractivity contribution >= 4 is 59.1 Å². The van der Waals surface area contributed by atoms with Crippen LogP contribution in [0.2, 0.25) is 0 Å². The van der Waals surface area contributed by atoms with E-state index in [0.717, 1.165) is 43.2 Å². The summed E-state index contributed by atoms with van der Waals surface area (Å²) in [6, 6.07) is 4.56.